The number of aromatic nitrogens is 1. The Labute approximate surface area is 97.9 Å². The van der Waals surface area contributed by atoms with Gasteiger partial charge >= 0.3 is 5.97 Å². The Kier molecular flexibility index (Phi) is 3.45. The third kappa shape index (κ3) is 3.11. The number of carbonyl (C=O) groups is 1. The van der Waals surface area contributed by atoms with E-state index in [9.17, 15) is 9.18 Å². The highest BCUT2D eigenvalue weighted by Gasteiger charge is 2.08. The van der Waals surface area contributed by atoms with E-state index in [2.05, 4.69) is 4.98 Å². The maximum Gasteiger partial charge on any atom is 0.338 e. The van der Waals surface area contributed by atoms with Gasteiger partial charge in [-0.25, -0.2) is 9.78 Å². The molecule has 0 saturated carbocycles. The van der Waals surface area contributed by atoms with Gasteiger partial charge < -0.3 is 4.74 Å². The topological polar surface area (TPSA) is 39.2 Å². The van der Waals surface area contributed by atoms with Gasteiger partial charge in [0, 0.05) is 12.3 Å². The van der Waals surface area contributed by atoms with Gasteiger partial charge in [0.1, 0.15) is 6.61 Å². The second-order valence-corrected chi connectivity index (χ2v) is 3.43. The fraction of sp³-hybridized carbons (Fsp3) is 0.0769. The van der Waals surface area contributed by atoms with E-state index in [1.165, 1.54) is 12.3 Å². The molecule has 0 unspecified atom stereocenters. The predicted molar refractivity (Wildman–Crippen MR) is 59.8 cm³/mol. The summed E-state index contributed by atoms with van der Waals surface area (Å²) in [6.45, 7) is 0.170. The molecule has 0 N–H and O–H groups in total. The van der Waals surface area contributed by atoms with Gasteiger partial charge in [-0.15, -0.1) is 0 Å². The van der Waals surface area contributed by atoms with Crippen LogP contribution in [0.25, 0.3) is 0 Å². The van der Waals surface area contributed by atoms with Crippen molar-refractivity contribution >= 4 is 5.97 Å². The number of esters is 1. The van der Waals surface area contributed by atoms with E-state index in [1.807, 2.05) is 30.3 Å². The number of hydrogen-bond acceptors (Lipinski definition) is 3. The van der Waals surface area contributed by atoms with Crippen LogP contribution in [0, 0.1) is 5.95 Å². The minimum absolute atomic E-state index is 0.161. The van der Waals surface area contributed by atoms with E-state index in [1.54, 1.807) is 0 Å². The zero-order chi connectivity index (χ0) is 12.1. The standard InChI is InChI=1S/C13H10FNO2/c14-12-8-11(6-7-15-12)13(16)17-9-10-4-2-1-3-5-10/h1-8H,9H2. The molecule has 0 spiro atoms. The zero-order valence-electron chi connectivity index (χ0n) is 8.97. The van der Waals surface area contributed by atoms with Crippen LogP contribution in [0.3, 0.4) is 0 Å². The first kappa shape index (κ1) is 11.3. The monoisotopic (exact) mass is 231 g/mol. The summed E-state index contributed by atoms with van der Waals surface area (Å²) >= 11 is 0. The van der Waals surface area contributed by atoms with Crippen molar-refractivity contribution in [3.05, 3.63) is 65.7 Å². The Morgan fingerprint density at radius 3 is 2.71 bits per heavy atom. The van der Waals surface area contributed by atoms with Gasteiger partial charge in [0.2, 0.25) is 5.95 Å². The Morgan fingerprint density at radius 2 is 2.00 bits per heavy atom. The summed E-state index contributed by atoms with van der Waals surface area (Å²) in [5.41, 5.74) is 1.05. The van der Waals surface area contributed by atoms with Crippen LogP contribution in [0.15, 0.2) is 48.7 Å². The lowest BCUT2D eigenvalue weighted by molar-refractivity contribution is 0.0472. The lowest BCUT2D eigenvalue weighted by atomic mass is 10.2. The van der Waals surface area contributed by atoms with E-state index < -0.39 is 11.9 Å². The van der Waals surface area contributed by atoms with E-state index >= 15 is 0 Å². The largest absolute Gasteiger partial charge is 0.457 e. The minimum Gasteiger partial charge on any atom is -0.457 e. The van der Waals surface area contributed by atoms with E-state index in [0.717, 1.165) is 11.6 Å². The van der Waals surface area contributed by atoms with Gasteiger partial charge in [-0.3, -0.25) is 0 Å². The van der Waals surface area contributed by atoms with Crippen molar-refractivity contribution in [3.63, 3.8) is 0 Å². The molecule has 0 aliphatic carbocycles. The number of ether oxygens (including phenoxy) is 1. The molecule has 0 fully saturated rings. The Bertz CT molecular complexity index is 514. The molecule has 1 aromatic heterocycles. The van der Waals surface area contributed by atoms with Crippen molar-refractivity contribution in [1.82, 2.24) is 4.98 Å². The molecule has 0 aliphatic rings. The summed E-state index contributed by atoms with van der Waals surface area (Å²) in [7, 11) is 0. The molecule has 1 heterocycles. The third-order valence-electron chi connectivity index (χ3n) is 2.18. The van der Waals surface area contributed by atoms with Gasteiger partial charge in [0.25, 0.3) is 0 Å². The molecule has 0 bridgehead atoms. The summed E-state index contributed by atoms with van der Waals surface area (Å²) in [6.07, 6.45) is 1.23. The predicted octanol–water partition coefficient (Wildman–Crippen LogP) is 2.58. The second kappa shape index (κ2) is 5.21. The van der Waals surface area contributed by atoms with Gasteiger partial charge in [-0.05, 0) is 11.6 Å². The van der Waals surface area contributed by atoms with Crippen LogP contribution in [-0.4, -0.2) is 11.0 Å². The Morgan fingerprint density at radius 1 is 1.24 bits per heavy atom. The lowest BCUT2D eigenvalue weighted by Crippen LogP contribution is -2.05. The molecule has 0 radical (unpaired) electrons. The lowest BCUT2D eigenvalue weighted by Gasteiger charge is -2.04. The maximum absolute atomic E-state index is 12.8. The smallest absolute Gasteiger partial charge is 0.338 e. The first-order valence-corrected chi connectivity index (χ1v) is 5.08. The van der Waals surface area contributed by atoms with Crippen LogP contribution in [-0.2, 0) is 11.3 Å². The molecular formula is C13H10FNO2. The van der Waals surface area contributed by atoms with Gasteiger partial charge in [-0.2, -0.15) is 4.39 Å². The average molecular weight is 231 g/mol. The van der Waals surface area contributed by atoms with E-state index in [4.69, 9.17) is 4.74 Å². The fourth-order valence-electron chi connectivity index (χ4n) is 1.34. The number of carbonyl (C=O) groups excluding carboxylic acids is 1. The minimum atomic E-state index is -0.695. The average Bonchev–Trinajstić information content (AvgIpc) is 2.37. The van der Waals surface area contributed by atoms with Crippen LogP contribution in [0.5, 0.6) is 0 Å². The highest BCUT2D eigenvalue weighted by Crippen LogP contribution is 2.06. The van der Waals surface area contributed by atoms with Crippen LogP contribution in [0.2, 0.25) is 0 Å². The second-order valence-electron chi connectivity index (χ2n) is 3.43. The number of hydrogen-bond donors (Lipinski definition) is 0. The van der Waals surface area contributed by atoms with Gasteiger partial charge in [-0.1, -0.05) is 30.3 Å². The maximum atomic E-state index is 12.8. The molecule has 1 aromatic carbocycles. The van der Waals surface area contributed by atoms with Crippen molar-refractivity contribution in [2.24, 2.45) is 0 Å². The number of nitrogens with zero attached hydrogens (tertiary/aromatic N) is 1. The zero-order valence-corrected chi connectivity index (χ0v) is 8.97. The van der Waals surface area contributed by atoms with Gasteiger partial charge in [0.15, 0.2) is 0 Å². The van der Waals surface area contributed by atoms with E-state index in [0.29, 0.717) is 0 Å². The normalized spacial score (nSPS) is 9.94. The molecule has 17 heavy (non-hydrogen) atoms. The fourth-order valence-corrected chi connectivity index (χ4v) is 1.34. The Hall–Kier alpha value is -2.23. The summed E-state index contributed by atoms with van der Waals surface area (Å²) in [4.78, 5) is 14.9. The van der Waals surface area contributed by atoms with Crippen LogP contribution in [0.1, 0.15) is 15.9 Å². The third-order valence-corrected chi connectivity index (χ3v) is 2.18. The molecule has 2 rings (SSSR count). The highest BCUT2D eigenvalue weighted by atomic mass is 19.1. The summed E-state index contributed by atoms with van der Waals surface area (Å²) in [6, 6.07) is 11.7. The van der Waals surface area contributed by atoms with Crippen LogP contribution in [0.4, 0.5) is 4.39 Å². The van der Waals surface area contributed by atoms with Crippen molar-refractivity contribution in [1.29, 1.82) is 0 Å². The highest BCUT2D eigenvalue weighted by molar-refractivity contribution is 5.89. The molecule has 0 aliphatic heterocycles. The Balaban J connectivity index is 1.98. The summed E-state index contributed by atoms with van der Waals surface area (Å²) < 4.78 is 17.8. The molecule has 4 heteroatoms. The van der Waals surface area contributed by atoms with Crippen LogP contribution < -0.4 is 0 Å². The molecule has 3 nitrogen and oxygen atoms in total. The number of pyridine rings is 1. The molecule has 2 aromatic rings. The quantitative estimate of drug-likeness (QED) is 0.602. The van der Waals surface area contributed by atoms with Crippen molar-refractivity contribution in [3.8, 4) is 0 Å². The molecule has 0 atom stereocenters. The molecule has 86 valence electrons. The summed E-state index contributed by atoms with van der Waals surface area (Å²) in [5, 5.41) is 0. The number of rotatable bonds is 3. The first-order valence-electron chi connectivity index (χ1n) is 5.08. The van der Waals surface area contributed by atoms with Crippen LogP contribution >= 0.6 is 0 Å². The molecular weight excluding hydrogens is 221 g/mol. The first-order chi connectivity index (χ1) is 8.25. The van der Waals surface area contributed by atoms with Gasteiger partial charge in [0.05, 0.1) is 5.56 Å². The van der Waals surface area contributed by atoms with Crippen molar-refractivity contribution in [2.45, 2.75) is 6.61 Å². The molecule has 0 saturated heterocycles. The molecule has 0 amide bonds. The van der Waals surface area contributed by atoms with E-state index in [-0.39, 0.29) is 12.2 Å². The number of halogens is 1. The van der Waals surface area contributed by atoms with Crippen molar-refractivity contribution < 1.29 is 13.9 Å². The van der Waals surface area contributed by atoms with Crippen molar-refractivity contribution in [2.75, 3.05) is 0 Å². The summed E-state index contributed by atoms with van der Waals surface area (Å²) in [5.74, 6) is -1.26. The SMILES string of the molecule is O=C(OCc1ccccc1)c1ccnc(F)c1. The number of benzene rings is 1.